The van der Waals surface area contributed by atoms with E-state index < -0.39 is 5.97 Å². The number of benzene rings is 1. The average Bonchev–Trinajstić information content (AvgIpc) is 2.78. The highest BCUT2D eigenvalue weighted by molar-refractivity contribution is 9.10. The van der Waals surface area contributed by atoms with Crippen LogP contribution in [-0.4, -0.2) is 26.8 Å². The molecule has 7 heteroatoms. The lowest BCUT2D eigenvalue weighted by Crippen LogP contribution is -2.16. The molecule has 0 fully saturated rings. The summed E-state index contributed by atoms with van der Waals surface area (Å²) < 4.78 is 2.04. The lowest BCUT2D eigenvalue weighted by molar-refractivity contribution is 0.0696. The highest BCUT2D eigenvalue weighted by atomic mass is 79.9. The molecular weight excluding hydrogens is 314 g/mol. The number of aromatic nitrogens is 2. The number of aromatic carboxylic acids is 1. The van der Waals surface area contributed by atoms with Gasteiger partial charge in [-0.1, -0.05) is 0 Å². The summed E-state index contributed by atoms with van der Waals surface area (Å²) in [5.41, 5.74) is 0.877. The highest BCUT2D eigenvalue weighted by Gasteiger charge is 2.13. The molecule has 0 unspecified atom stereocenters. The number of rotatable bonds is 3. The van der Waals surface area contributed by atoms with Crippen LogP contribution in [0.25, 0.3) is 0 Å². The molecule has 0 aliphatic heterocycles. The SMILES string of the molecule is Cn1nccc1C(=O)Nc1cc(C(=O)O)ccc1Br. The molecule has 0 aliphatic rings. The van der Waals surface area contributed by atoms with E-state index in [4.69, 9.17) is 5.11 Å². The second kappa shape index (κ2) is 5.23. The fourth-order valence-corrected chi connectivity index (χ4v) is 1.88. The minimum Gasteiger partial charge on any atom is -0.478 e. The van der Waals surface area contributed by atoms with Crippen molar-refractivity contribution in [1.82, 2.24) is 9.78 Å². The van der Waals surface area contributed by atoms with E-state index in [0.717, 1.165) is 0 Å². The second-order valence-corrected chi connectivity index (χ2v) is 4.65. The van der Waals surface area contributed by atoms with Crippen LogP contribution in [0.2, 0.25) is 0 Å². The Hall–Kier alpha value is -2.15. The van der Waals surface area contributed by atoms with Crippen LogP contribution in [-0.2, 0) is 7.05 Å². The number of nitrogens with one attached hydrogen (secondary N) is 1. The van der Waals surface area contributed by atoms with E-state index >= 15 is 0 Å². The first-order valence-corrected chi connectivity index (χ1v) is 6.10. The topological polar surface area (TPSA) is 84.2 Å². The number of carboxylic acids is 1. The van der Waals surface area contributed by atoms with Crippen LogP contribution in [0.5, 0.6) is 0 Å². The van der Waals surface area contributed by atoms with E-state index in [0.29, 0.717) is 15.9 Å². The number of carboxylic acid groups (broad SMARTS) is 1. The smallest absolute Gasteiger partial charge is 0.335 e. The van der Waals surface area contributed by atoms with Gasteiger partial charge in [0.1, 0.15) is 5.69 Å². The van der Waals surface area contributed by atoms with E-state index in [1.807, 2.05) is 0 Å². The zero-order valence-electron chi connectivity index (χ0n) is 9.92. The molecule has 0 saturated heterocycles. The van der Waals surface area contributed by atoms with Gasteiger partial charge in [-0.2, -0.15) is 5.10 Å². The molecule has 6 nitrogen and oxygen atoms in total. The molecule has 2 N–H and O–H groups in total. The molecule has 2 aromatic rings. The third kappa shape index (κ3) is 2.82. The lowest BCUT2D eigenvalue weighted by Gasteiger charge is -2.08. The molecule has 0 aliphatic carbocycles. The van der Waals surface area contributed by atoms with Crippen molar-refractivity contribution in [1.29, 1.82) is 0 Å². The largest absolute Gasteiger partial charge is 0.478 e. The number of nitrogens with zero attached hydrogens (tertiary/aromatic N) is 2. The average molecular weight is 324 g/mol. The van der Waals surface area contributed by atoms with Gasteiger partial charge in [-0.05, 0) is 40.2 Å². The maximum atomic E-state index is 12.0. The summed E-state index contributed by atoms with van der Waals surface area (Å²) in [6.07, 6.45) is 1.51. The number of aryl methyl sites for hydroxylation is 1. The van der Waals surface area contributed by atoms with Gasteiger partial charge in [0.05, 0.1) is 11.3 Å². The molecule has 0 atom stereocenters. The summed E-state index contributed by atoms with van der Waals surface area (Å²) in [6.45, 7) is 0. The number of carbonyl (C=O) groups excluding carboxylic acids is 1. The predicted molar refractivity (Wildman–Crippen MR) is 72.3 cm³/mol. The molecule has 19 heavy (non-hydrogen) atoms. The summed E-state index contributed by atoms with van der Waals surface area (Å²) >= 11 is 3.26. The van der Waals surface area contributed by atoms with E-state index in [1.54, 1.807) is 19.2 Å². The number of anilines is 1. The van der Waals surface area contributed by atoms with Crippen molar-refractivity contribution in [3.63, 3.8) is 0 Å². The minimum atomic E-state index is -1.05. The zero-order chi connectivity index (χ0) is 14.0. The van der Waals surface area contributed by atoms with E-state index in [2.05, 4.69) is 26.3 Å². The van der Waals surface area contributed by atoms with Gasteiger partial charge in [0, 0.05) is 17.7 Å². The predicted octanol–water partition coefficient (Wildman–Crippen LogP) is 2.13. The number of hydrogen-bond acceptors (Lipinski definition) is 3. The molecule has 0 radical (unpaired) electrons. The van der Waals surface area contributed by atoms with Crippen molar-refractivity contribution in [2.75, 3.05) is 5.32 Å². The summed E-state index contributed by atoms with van der Waals surface area (Å²) in [5.74, 6) is -1.41. The Morgan fingerprint density at radius 1 is 1.37 bits per heavy atom. The lowest BCUT2D eigenvalue weighted by atomic mass is 10.2. The molecule has 0 saturated carbocycles. The summed E-state index contributed by atoms with van der Waals surface area (Å²) in [6, 6.07) is 5.99. The minimum absolute atomic E-state index is 0.100. The van der Waals surface area contributed by atoms with E-state index in [9.17, 15) is 9.59 Å². The Labute approximate surface area is 117 Å². The number of hydrogen-bond donors (Lipinski definition) is 2. The zero-order valence-corrected chi connectivity index (χ0v) is 11.5. The van der Waals surface area contributed by atoms with Gasteiger partial charge < -0.3 is 10.4 Å². The Morgan fingerprint density at radius 2 is 2.11 bits per heavy atom. The van der Waals surface area contributed by atoms with Crippen molar-refractivity contribution in [2.24, 2.45) is 7.05 Å². The van der Waals surface area contributed by atoms with Crippen LogP contribution in [0, 0.1) is 0 Å². The monoisotopic (exact) mass is 323 g/mol. The number of carbonyl (C=O) groups is 2. The van der Waals surface area contributed by atoms with Crippen LogP contribution >= 0.6 is 15.9 Å². The molecular formula is C12H10BrN3O3. The first kappa shape index (κ1) is 13.3. The van der Waals surface area contributed by atoms with Crippen LogP contribution in [0.3, 0.4) is 0 Å². The third-order valence-electron chi connectivity index (χ3n) is 2.52. The summed E-state index contributed by atoms with van der Waals surface area (Å²) in [5, 5.41) is 15.5. The molecule has 98 valence electrons. The van der Waals surface area contributed by atoms with Gasteiger partial charge >= 0.3 is 5.97 Å². The van der Waals surface area contributed by atoms with Gasteiger partial charge in [-0.3, -0.25) is 9.48 Å². The highest BCUT2D eigenvalue weighted by Crippen LogP contribution is 2.24. The van der Waals surface area contributed by atoms with Crippen molar-refractivity contribution >= 4 is 33.5 Å². The van der Waals surface area contributed by atoms with Crippen molar-refractivity contribution < 1.29 is 14.7 Å². The van der Waals surface area contributed by atoms with Crippen molar-refractivity contribution in [2.45, 2.75) is 0 Å². The molecule has 2 rings (SSSR count). The maximum absolute atomic E-state index is 12.0. The molecule has 1 heterocycles. The van der Waals surface area contributed by atoms with Crippen LogP contribution < -0.4 is 5.32 Å². The Morgan fingerprint density at radius 3 is 2.68 bits per heavy atom. The van der Waals surface area contributed by atoms with Gasteiger partial charge in [0.2, 0.25) is 0 Å². The molecule has 1 aromatic heterocycles. The van der Waals surface area contributed by atoms with Gasteiger partial charge in [-0.25, -0.2) is 4.79 Å². The van der Waals surface area contributed by atoms with Crippen molar-refractivity contribution in [3.05, 3.63) is 46.2 Å². The van der Waals surface area contributed by atoms with Crippen LogP contribution in [0.15, 0.2) is 34.9 Å². The van der Waals surface area contributed by atoms with Gasteiger partial charge in [0.15, 0.2) is 0 Å². The van der Waals surface area contributed by atoms with E-state index in [1.165, 1.54) is 23.0 Å². The first-order chi connectivity index (χ1) is 8.99. The van der Waals surface area contributed by atoms with Crippen molar-refractivity contribution in [3.8, 4) is 0 Å². The second-order valence-electron chi connectivity index (χ2n) is 3.79. The molecule has 0 spiro atoms. The third-order valence-corrected chi connectivity index (χ3v) is 3.21. The number of amides is 1. The van der Waals surface area contributed by atoms with Gasteiger partial charge in [0.25, 0.3) is 5.91 Å². The molecule has 0 bridgehead atoms. The Bertz CT molecular complexity index is 651. The summed E-state index contributed by atoms with van der Waals surface area (Å²) in [4.78, 5) is 22.9. The summed E-state index contributed by atoms with van der Waals surface area (Å²) in [7, 11) is 1.65. The number of halogens is 1. The van der Waals surface area contributed by atoms with Crippen LogP contribution in [0.4, 0.5) is 5.69 Å². The fraction of sp³-hybridized carbons (Fsp3) is 0.0833. The molecule has 1 amide bonds. The van der Waals surface area contributed by atoms with Gasteiger partial charge in [-0.15, -0.1) is 0 Å². The fourth-order valence-electron chi connectivity index (χ4n) is 1.54. The maximum Gasteiger partial charge on any atom is 0.335 e. The molecule has 1 aromatic carbocycles. The quantitative estimate of drug-likeness (QED) is 0.906. The normalized spacial score (nSPS) is 10.2. The van der Waals surface area contributed by atoms with E-state index in [-0.39, 0.29) is 11.5 Å². The standard InChI is InChI=1S/C12H10BrN3O3/c1-16-10(4-5-14-16)11(17)15-9-6-7(12(18)19)2-3-8(9)13/h2-6H,1H3,(H,15,17)(H,18,19). The Kier molecular flexibility index (Phi) is 3.66. The van der Waals surface area contributed by atoms with Crippen LogP contribution in [0.1, 0.15) is 20.8 Å². The Balaban J connectivity index is 2.28. The first-order valence-electron chi connectivity index (χ1n) is 5.31.